The highest BCUT2D eigenvalue weighted by atomic mass is 16.5. The standard InChI is InChI=1S/C37H74O2/c1-3-5-7-9-11-13-15-17-19-21-23-25-27-29-31-33-35-37(39-36-38)34-32-30-28-26-24-22-20-18-16-14-12-10-8-6-4-2/h36-37H,3-35H2,1-2H3. The van der Waals surface area contributed by atoms with Crippen molar-refractivity contribution in [2.75, 3.05) is 0 Å². The van der Waals surface area contributed by atoms with Gasteiger partial charge in [-0.25, -0.2) is 0 Å². The molecule has 1 unspecified atom stereocenters. The van der Waals surface area contributed by atoms with Crippen LogP contribution in [-0.4, -0.2) is 12.6 Å². The molecule has 0 amide bonds. The topological polar surface area (TPSA) is 26.3 Å². The van der Waals surface area contributed by atoms with Crippen LogP contribution in [0.5, 0.6) is 0 Å². The Labute approximate surface area is 247 Å². The number of carbonyl (C=O) groups is 1. The first-order valence-electron chi connectivity index (χ1n) is 18.4. The summed E-state index contributed by atoms with van der Waals surface area (Å²) < 4.78 is 5.40. The lowest BCUT2D eigenvalue weighted by Gasteiger charge is -2.15. The third kappa shape index (κ3) is 33.6. The highest BCUT2D eigenvalue weighted by Crippen LogP contribution is 2.18. The molecule has 39 heavy (non-hydrogen) atoms. The summed E-state index contributed by atoms with van der Waals surface area (Å²) in [6.07, 6.45) is 45.7. The molecule has 2 nitrogen and oxygen atoms in total. The van der Waals surface area contributed by atoms with E-state index in [0.29, 0.717) is 6.47 Å². The normalized spacial score (nSPS) is 12.2. The molecule has 0 saturated heterocycles. The Morgan fingerprint density at radius 1 is 0.359 bits per heavy atom. The molecule has 0 spiro atoms. The van der Waals surface area contributed by atoms with Gasteiger partial charge in [-0.1, -0.05) is 200 Å². The molecule has 0 bridgehead atoms. The largest absolute Gasteiger partial charge is 0.465 e. The molecule has 0 aromatic heterocycles. The van der Waals surface area contributed by atoms with E-state index in [1.54, 1.807) is 0 Å². The molecule has 0 N–H and O–H groups in total. The summed E-state index contributed by atoms with van der Waals surface area (Å²) >= 11 is 0. The van der Waals surface area contributed by atoms with Crippen molar-refractivity contribution < 1.29 is 9.53 Å². The zero-order valence-corrected chi connectivity index (χ0v) is 27.3. The molecular formula is C37H74O2. The van der Waals surface area contributed by atoms with Crippen LogP contribution in [0.2, 0.25) is 0 Å². The molecule has 0 aliphatic heterocycles. The number of carbonyl (C=O) groups excluding carboxylic acids is 1. The van der Waals surface area contributed by atoms with Crippen molar-refractivity contribution in [2.45, 2.75) is 232 Å². The van der Waals surface area contributed by atoms with Crippen molar-refractivity contribution in [1.82, 2.24) is 0 Å². The van der Waals surface area contributed by atoms with Crippen LogP contribution in [0.25, 0.3) is 0 Å². The molecule has 2 heteroatoms. The summed E-state index contributed by atoms with van der Waals surface area (Å²) in [5.74, 6) is 0. The lowest BCUT2D eigenvalue weighted by Crippen LogP contribution is -2.12. The Balaban J connectivity index is 3.36. The minimum atomic E-state index is 0.163. The van der Waals surface area contributed by atoms with Gasteiger partial charge in [0.25, 0.3) is 6.47 Å². The molecule has 0 rings (SSSR count). The Morgan fingerprint density at radius 3 is 0.769 bits per heavy atom. The lowest BCUT2D eigenvalue weighted by molar-refractivity contribution is -0.134. The van der Waals surface area contributed by atoms with Gasteiger partial charge in [0.2, 0.25) is 0 Å². The Morgan fingerprint density at radius 2 is 0.564 bits per heavy atom. The lowest BCUT2D eigenvalue weighted by atomic mass is 10.0. The minimum Gasteiger partial charge on any atom is -0.465 e. The smallest absolute Gasteiger partial charge is 0.293 e. The molecule has 234 valence electrons. The summed E-state index contributed by atoms with van der Waals surface area (Å²) in [6, 6.07) is 0. The average Bonchev–Trinajstić information content (AvgIpc) is 2.94. The summed E-state index contributed by atoms with van der Waals surface area (Å²) in [5.41, 5.74) is 0. The van der Waals surface area contributed by atoms with Crippen molar-refractivity contribution in [3.63, 3.8) is 0 Å². The van der Waals surface area contributed by atoms with E-state index in [0.717, 1.165) is 12.8 Å². The van der Waals surface area contributed by atoms with Crippen molar-refractivity contribution in [1.29, 1.82) is 0 Å². The predicted octanol–water partition coefficient (Wildman–Crippen LogP) is 13.4. The third-order valence-electron chi connectivity index (χ3n) is 8.76. The van der Waals surface area contributed by atoms with E-state index in [4.69, 9.17) is 4.74 Å². The summed E-state index contributed by atoms with van der Waals surface area (Å²) in [5, 5.41) is 0. The van der Waals surface area contributed by atoms with Crippen LogP contribution in [0.4, 0.5) is 0 Å². The van der Waals surface area contributed by atoms with Crippen molar-refractivity contribution in [3.8, 4) is 0 Å². The third-order valence-corrected chi connectivity index (χ3v) is 8.76. The minimum absolute atomic E-state index is 0.163. The number of ether oxygens (including phenoxy) is 1. The van der Waals surface area contributed by atoms with E-state index >= 15 is 0 Å². The van der Waals surface area contributed by atoms with Crippen LogP contribution >= 0.6 is 0 Å². The molecular weight excluding hydrogens is 476 g/mol. The van der Waals surface area contributed by atoms with E-state index in [-0.39, 0.29) is 6.10 Å². The maximum Gasteiger partial charge on any atom is 0.293 e. The summed E-state index contributed by atoms with van der Waals surface area (Å²) in [7, 11) is 0. The molecule has 1 atom stereocenters. The molecule has 0 aromatic rings. The average molecular weight is 551 g/mol. The van der Waals surface area contributed by atoms with Crippen LogP contribution in [0.1, 0.15) is 226 Å². The van der Waals surface area contributed by atoms with Crippen LogP contribution < -0.4 is 0 Å². The van der Waals surface area contributed by atoms with Gasteiger partial charge in [-0.2, -0.15) is 0 Å². The highest BCUT2D eigenvalue weighted by molar-refractivity contribution is 5.37. The quantitative estimate of drug-likeness (QED) is 0.0579. The van der Waals surface area contributed by atoms with E-state index in [9.17, 15) is 4.79 Å². The van der Waals surface area contributed by atoms with Gasteiger partial charge >= 0.3 is 0 Å². The first kappa shape index (κ1) is 38.5. The number of unbranched alkanes of at least 4 members (excludes halogenated alkanes) is 29. The van der Waals surface area contributed by atoms with Crippen LogP contribution in [0.15, 0.2) is 0 Å². The molecule has 0 heterocycles. The van der Waals surface area contributed by atoms with E-state index in [2.05, 4.69) is 13.8 Å². The molecule has 0 fully saturated rings. The van der Waals surface area contributed by atoms with Gasteiger partial charge in [0.15, 0.2) is 0 Å². The van der Waals surface area contributed by atoms with Crippen molar-refractivity contribution in [2.24, 2.45) is 0 Å². The second-order valence-electron chi connectivity index (χ2n) is 12.7. The van der Waals surface area contributed by atoms with Gasteiger partial charge in [-0.3, -0.25) is 4.79 Å². The van der Waals surface area contributed by atoms with Gasteiger partial charge in [0.1, 0.15) is 6.10 Å². The van der Waals surface area contributed by atoms with Crippen LogP contribution in [-0.2, 0) is 9.53 Å². The predicted molar refractivity (Wildman–Crippen MR) is 175 cm³/mol. The molecule has 0 saturated carbocycles. The first-order chi connectivity index (χ1) is 19.3. The van der Waals surface area contributed by atoms with E-state index in [1.807, 2.05) is 0 Å². The SMILES string of the molecule is CCCCCCCCCCCCCCCCCCC(CCCCCCCCCCCCCCCCC)OC=O. The number of hydrogen-bond donors (Lipinski definition) is 0. The zero-order valence-electron chi connectivity index (χ0n) is 27.3. The fourth-order valence-corrected chi connectivity index (χ4v) is 6.02. The second kappa shape index (κ2) is 35.5. The van der Waals surface area contributed by atoms with Gasteiger partial charge in [0.05, 0.1) is 0 Å². The fraction of sp³-hybridized carbons (Fsp3) is 0.973. The summed E-state index contributed by atoms with van der Waals surface area (Å²) in [6.45, 7) is 5.27. The first-order valence-corrected chi connectivity index (χ1v) is 18.4. The molecule has 0 aliphatic carbocycles. The fourth-order valence-electron chi connectivity index (χ4n) is 6.02. The van der Waals surface area contributed by atoms with Gasteiger partial charge in [0, 0.05) is 0 Å². The van der Waals surface area contributed by atoms with Crippen LogP contribution in [0, 0.1) is 0 Å². The molecule has 0 aromatic carbocycles. The Bertz CT molecular complexity index is 435. The molecule has 0 aliphatic rings. The summed E-state index contributed by atoms with van der Waals surface area (Å²) in [4.78, 5) is 10.9. The monoisotopic (exact) mass is 551 g/mol. The number of rotatable bonds is 35. The van der Waals surface area contributed by atoms with E-state index < -0.39 is 0 Å². The zero-order chi connectivity index (χ0) is 28.3. The second-order valence-corrected chi connectivity index (χ2v) is 12.7. The maximum absolute atomic E-state index is 10.9. The van der Waals surface area contributed by atoms with E-state index in [1.165, 1.54) is 199 Å². The van der Waals surface area contributed by atoms with Crippen molar-refractivity contribution >= 4 is 6.47 Å². The van der Waals surface area contributed by atoms with Crippen LogP contribution in [0.3, 0.4) is 0 Å². The Kier molecular flexibility index (Phi) is 35.0. The van der Waals surface area contributed by atoms with Gasteiger partial charge < -0.3 is 4.74 Å². The highest BCUT2D eigenvalue weighted by Gasteiger charge is 2.09. The number of hydrogen-bond acceptors (Lipinski definition) is 2. The van der Waals surface area contributed by atoms with Gasteiger partial charge in [-0.05, 0) is 25.7 Å². The maximum atomic E-state index is 10.9. The van der Waals surface area contributed by atoms with Gasteiger partial charge in [-0.15, -0.1) is 0 Å². The Hall–Kier alpha value is -0.530. The molecule has 0 radical (unpaired) electrons. The van der Waals surface area contributed by atoms with Crippen molar-refractivity contribution in [3.05, 3.63) is 0 Å².